The van der Waals surface area contributed by atoms with Gasteiger partial charge in [-0.3, -0.25) is 19.1 Å². The fourth-order valence-electron chi connectivity index (χ4n) is 4.55. The van der Waals surface area contributed by atoms with Crippen molar-refractivity contribution in [2.75, 3.05) is 29.9 Å². The summed E-state index contributed by atoms with van der Waals surface area (Å²) in [6.07, 6.45) is -2.41. The molecule has 5 rings (SSSR count). The molecule has 1 saturated heterocycles. The molecule has 172 valence electrons. The number of alkyl halides is 3. The van der Waals surface area contributed by atoms with Crippen molar-refractivity contribution in [1.29, 1.82) is 0 Å². The molecule has 0 amide bonds. The van der Waals surface area contributed by atoms with E-state index in [4.69, 9.17) is 4.74 Å². The van der Waals surface area contributed by atoms with Crippen molar-refractivity contribution >= 4 is 17.5 Å². The molecule has 0 radical (unpaired) electrons. The Labute approximate surface area is 182 Å². The normalized spacial score (nSPS) is 26.4. The lowest BCUT2D eigenvalue weighted by Gasteiger charge is -2.38. The van der Waals surface area contributed by atoms with Gasteiger partial charge in [0.05, 0.1) is 19.3 Å². The van der Waals surface area contributed by atoms with Gasteiger partial charge < -0.3 is 15.0 Å². The topological polar surface area (TPSA) is 89.4 Å². The Morgan fingerprint density at radius 3 is 2.84 bits per heavy atom. The number of carbonyl (C=O) groups excluding carboxylic acids is 1. The van der Waals surface area contributed by atoms with Crippen molar-refractivity contribution in [3.63, 3.8) is 0 Å². The maximum absolute atomic E-state index is 13.8. The molecule has 2 fully saturated rings. The first-order valence-corrected chi connectivity index (χ1v) is 10.6. The van der Waals surface area contributed by atoms with Crippen LogP contribution in [0.3, 0.4) is 0 Å². The average Bonchev–Trinajstić information content (AvgIpc) is 3.44. The second-order valence-corrected chi connectivity index (χ2v) is 8.46. The fraction of sp³-hybridized carbons (Fsp3) is 0.524. The average molecular weight is 451 g/mol. The molecule has 2 aromatic heterocycles. The van der Waals surface area contributed by atoms with E-state index in [1.165, 1.54) is 22.9 Å². The number of pyridine rings is 1. The molecule has 11 heteroatoms. The quantitative estimate of drug-likeness (QED) is 0.675. The number of halogens is 3. The second kappa shape index (κ2) is 7.88. The Morgan fingerprint density at radius 2 is 2.19 bits per heavy atom. The third kappa shape index (κ3) is 3.96. The van der Waals surface area contributed by atoms with Crippen LogP contribution in [-0.2, 0) is 11.3 Å². The number of Topliss-reactive ketones (excluding diaryl/α,β-unsaturated/α-hetero) is 1. The molecule has 0 aromatic carbocycles. The van der Waals surface area contributed by atoms with E-state index in [2.05, 4.69) is 15.3 Å². The zero-order chi connectivity index (χ0) is 22.5. The highest BCUT2D eigenvalue weighted by molar-refractivity contribution is 5.97. The van der Waals surface area contributed by atoms with Crippen molar-refractivity contribution in [2.24, 2.45) is 11.8 Å². The summed E-state index contributed by atoms with van der Waals surface area (Å²) in [4.78, 5) is 34.5. The number of hydrogen-bond acceptors (Lipinski definition) is 7. The Balaban J connectivity index is 0.00000259. The van der Waals surface area contributed by atoms with Crippen LogP contribution in [0.1, 0.15) is 24.8 Å². The molecule has 4 atom stereocenters. The van der Waals surface area contributed by atoms with Gasteiger partial charge in [-0.25, -0.2) is 0 Å². The van der Waals surface area contributed by atoms with E-state index in [-0.39, 0.29) is 38.0 Å². The third-order valence-electron chi connectivity index (χ3n) is 6.35. The van der Waals surface area contributed by atoms with Crippen LogP contribution >= 0.6 is 0 Å². The second-order valence-electron chi connectivity index (χ2n) is 8.46. The first-order chi connectivity index (χ1) is 15.3. The largest absolute Gasteiger partial charge is 0.408 e. The molecule has 4 heterocycles. The molecule has 3 aliphatic rings. The molecule has 2 aliphatic heterocycles. The van der Waals surface area contributed by atoms with Crippen molar-refractivity contribution < 1.29 is 24.1 Å². The first kappa shape index (κ1) is 20.9. The number of hydrogen-bond donors (Lipinski definition) is 1. The van der Waals surface area contributed by atoms with Gasteiger partial charge in [0.1, 0.15) is 17.6 Å². The maximum atomic E-state index is 13.8. The summed E-state index contributed by atoms with van der Waals surface area (Å²) >= 11 is 0. The number of rotatable bonds is 6. The van der Waals surface area contributed by atoms with E-state index in [0.29, 0.717) is 25.0 Å². The number of fused-ring (bicyclic) bond motifs is 2. The molecule has 2 aromatic rings. The van der Waals surface area contributed by atoms with Crippen LogP contribution < -0.4 is 15.8 Å². The molecule has 8 nitrogen and oxygen atoms in total. The van der Waals surface area contributed by atoms with Crippen LogP contribution in [0.4, 0.5) is 24.9 Å². The van der Waals surface area contributed by atoms with E-state index in [1.54, 1.807) is 12.1 Å². The summed E-state index contributed by atoms with van der Waals surface area (Å²) in [6.45, 7) is 0.419. The predicted octanol–water partition coefficient (Wildman–Crippen LogP) is 2.36. The maximum Gasteiger partial charge on any atom is 0.408 e. The Bertz CT molecular complexity index is 1080. The van der Waals surface area contributed by atoms with Gasteiger partial charge in [0.2, 0.25) is 5.95 Å². The summed E-state index contributed by atoms with van der Waals surface area (Å²) in [6, 6.07) is 3.99. The van der Waals surface area contributed by atoms with Gasteiger partial charge >= 0.3 is 6.18 Å². The van der Waals surface area contributed by atoms with Crippen molar-refractivity contribution in [2.45, 2.75) is 37.7 Å². The molecule has 1 aliphatic carbocycles. The molecule has 0 bridgehead atoms. The van der Waals surface area contributed by atoms with Gasteiger partial charge in [-0.15, -0.1) is 0 Å². The minimum Gasteiger partial charge on any atom is -0.376 e. The highest BCUT2D eigenvalue weighted by atomic mass is 19.4. The summed E-state index contributed by atoms with van der Waals surface area (Å²) in [5.41, 5.74) is -0.412. The fourth-order valence-corrected chi connectivity index (χ4v) is 4.55. The lowest BCUT2D eigenvalue weighted by molar-refractivity contribution is -0.152. The molecule has 1 saturated carbocycles. The number of ether oxygens (including phenoxy) is 1. The van der Waals surface area contributed by atoms with Gasteiger partial charge in [-0.2, -0.15) is 18.2 Å². The number of anilines is 2. The van der Waals surface area contributed by atoms with Crippen molar-refractivity contribution in [3.05, 3.63) is 46.5 Å². The van der Waals surface area contributed by atoms with Crippen molar-refractivity contribution in [1.82, 2.24) is 14.5 Å². The summed E-state index contributed by atoms with van der Waals surface area (Å²) < 4.78 is 48.3. The number of nitrogens with zero attached hydrogens (tertiary/aromatic N) is 4. The number of nitrogens with one attached hydrogen (secondary N) is 1. The highest BCUT2D eigenvalue weighted by Crippen LogP contribution is 2.47. The van der Waals surface area contributed by atoms with Gasteiger partial charge in [0.25, 0.3) is 5.56 Å². The molecular formula is C21H24F3N5O3. The predicted molar refractivity (Wildman–Crippen MR) is 111 cm³/mol. The first-order valence-electron chi connectivity index (χ1n) is 10.6. The molecule has 32 heavy (non-hydrogen) atoms. The molecule has 2 unspecified atom stereocenters. The highest BCUT2D eigenvalue weighted by Gasteiger charge is 2.49. The van der Waals surface area contributed by atoms with Crippen molar-refractivity contribution in [3.8, 4) is 0 Å². The Morgan fingerprint density at radius 1 is 1.34 bits per heavy atom. The lowest BCUT2D eigenvalue weighted by atomic mass is 10.1. The minimum atomic E-state index is -4.59. The summed E-state index contributed by atoms with van der Waals surface area (Å²) in [5, 5.41) is 3.04. The van der Waals surface area contributed by atoms with E-state index in [1.807, 2.05) is 0 Å². The van der Waals surface area contributed by atoms with E-state index >= 15 is 0 Å². The van der Waals surface area contributed by atoms with Crippen LogP contribution in [-0.4, -0.2) is 58.3 Å². The zero-order valence-electron chi connectivity index (χ0n) is 17.1. The van der Waals surface area contributed by atoms with E-state index in [9.17, 15) is 22.8 Å². The monoisotopic (exact) mass is 451 g/mol. The van der Waals surface area contributed by atoms with Crippen LogP contribution in [0, 0.1) is 11.8 Å². The van der Waals surface area contributed by atoms with E-state index in [0.717, 1.165) is 11.3 Å². The molecule has 1 N–H and O–H groups in total. The van der Waals surface area contributed by atoms with Gasteiger partial charge in [0.15, 0.2) is 5.78 Å². The lowest BCUT2D eigenvalue weighted by Crippen LogP contribution is -2.54. The smallest absolute Gasteiger partial charge is 0.376 e. The number of aromatic nitrogens is 3. The SMILES string of the molecule is O=C(CN1c2nc(NC[C@H]3OCC4CC43)cc(=O)n2CC[C@H]1C(F)(F)F)c1ccccn1.[HH]. The number of carbonyl (C=O) groups is 1. The van der Waals surface area contributed by atoms with Crippen LogP contribution in [0.2, 0.25) is 0 Å². The van der Waals surface area contributed by atoms with Crippen LogP contribution in [0.25, 0.3) is 0 Å². The molecule has 0 spiro atoms. The summed E-state index contributed by atoms with van der Waals surface area (Å²) in [7, 11) is 0. The Kier molecular flexibility index (Phi) is 5.15. The van der Waals surface area contributed by atoms with E-state index < -0.39 is 30.1 Å². The standard InChI is InChI=1S/C21H22F3N5O3.H2/c22-21(23,24)17-4-6-28-19(31)8-18(26-9-16-13-7-12(13)11-32-16)27-20(28)29(17)10-15(30)14-3-1-2-5-25-14;/h1-3,5,8,12-13,16-17,26H,4,6-7,9-11H2;1H/t12?,13?,16-,17+;/m1./s1. The van der Waals surface area contributed by atoms with Gasteiger partial charge in [-0.05, 0) is 36.8 Å². The van der Waals surface area contributed by atoms with Gasteiger partial charge in [-0.1, -0.05) is 6.07 Å². The number of ketones is 1. The molecular weight excluding hydrogens is 427 g/mol. The Hall–Kier alpha value is -2.95. The zero-order valence-corrected chi connectivity index (χ0v) is 17.1. The van der Waals surface area contributed by atoms with Crippen LogP contribution in [0.5, 0.6) is 0 Å². The summed E-state index contributed by atoms with van der Waals surface area (Å²) in [5.74, 6) is 0.495. The third-order valence-corrected chi connectivity index (χ3v) is 6.35. The minimum absolute atomic E-state index is 0. The van der Waals surface area contributed by atoms with Crippen LogP contribution in [0.15, 0.2) is 35.3 Å². The van der Waals surface area contributed by atoms with Gasteiger partial charge in [0, 0.05) is 26.8 Å².